The van der Waals surface area contributed by atoms with Crippen molar-refractivity contribution in [2.24, 2.45) is 0 Å². The third-order valence-electron chi connectivity index (χ3n) is 1.66. The Morgan fingerprint density at radius 3 is 3.14 bits per heavy atom. The van der Waals surface area contributed by atoms with Crippen LogP contribution in [0.5, 0.6) is 0 Å². The van der Waals surface area contributed by atoms with E-state index in [0.717, 1.165) is 17.8 Å². The first-order chi connectivity index (χ1) is 6.83. The smallest absolute Gasteiger partial charge is 0.234 e. The first-order valence-corrected chi connectivity index (χ1v) is 5.55. The van der Waals surface area contributed by atoms with E-state index < -0.39 is 0 Å². The molecule has 1 heterocycles. The van der Waals surface area contributed by atoms with E-state index in [2.05, 4.69) is 22.5 Å². The van der Waals surface area contributed by atoms with Crippen LogP contribution in [0, 0.1) is 0 Å². The van der Waals surface area contributed by atoms with Crippen molar-refractivity contribution in [1.29, 1.82) is 0 Å². The molecule has 0 fully saturated rings. The fourth-order valence-corrected chi connectivity index (χ4v) is 1.49. The van der Waals surface area contributed by atoms with Crippen LogP contribution in [-0.4, -0.2) is 24.0 Å². The standard InChI is InChI=1S/C9H15N3OS/c1-2-3-10-6-9(13)12-5-8-4-11-7-14-8/h4,7,10H,2-3,5-6H2,1H3,(H,12,13). The van der Waals surface area contributed by atoms with Crippen LogP contribution in [0.3, 0.4) is 0 Å². The number of hydrogen-bond acceptors (Lipinski definition) is 4. The summed E-state index contributed by atoms with van der Waals surface area (Å²) in [5.41, 5.74) is 1.76. The van der Waals surface area contributed by atoms with E-state index in [1.165, 1.54) is 0 Å². The maximum Gasteiger partial charge on any atom is 0.234 e. The molecule has 0 atom stereocenters. The van der Waals surface area contributed by atoms with Gasteiger partial charge in [-0.2, -0.15) is 0 Å². The van der Waals surface area contributed by atoms with Crippen LogP contribution in [0.1, 0.15) is 18.2 Å². The monoisotopic (exact) mass is 213 g/mol. The summed E-state index contributed by atoms with van der Waals surface area (Å²) in [6.07, 6.45) is 2.81. The summed E-state index contributed by atoms with van der Waals surface area (Å²) in [4.78, 5) is 16.2. The highest BCUT2D eigenvalue weighted by Crippen LogP contribution is 2.03. The topological polar surface area (TPSA) is 54.0 Å². The SMILES string of the molecule is CCCNCC(=O)NCc1cncs1. The van der Waals surface area contributed by atoms with Gasteiger partial charge in [0.15, 0.2) is 0 Å². The molecule has 1 aromatic rings. The summed E-state index contributed by atoms with van der Waals surface area (Å²) in [7, 11) is 0. The molecule has 0 aliphatic rings. The Balaban J connectivity index is 2.09. The summed E-state index contributed by atoms with van der Waals surface area (Å²) < 4.78 is 0. The van der Waals surface area contributed by atoms with Gasteiger partial charge in [-0.25, -0.2) is 0 Å². The molecule has 0 radical (unpaired) electrons. The molecule has 0 saturated heterocycles. The number of carbonyl (C=O) groups is 1. The molecule has 0 bridgehead atoms. The second kappa shape index (κ2) is 6.50. The molecule has 1 aromatic heterocycles. The Morgan fingerprint density at radius 2 is 2.50 bits per heavy atom. The molecule has 0 saturated carbocycles. The molecule has 4 nitrogen and oxygen atoms in total. The molecule has 2 N–H and O–H groups in total. The number of thiazole rings is 1. The molecular weight excluding hydrogens is 198 g/mol. The Bertz CT molecular complexity index is 261. The summed E-state index contributed by atoms with van der Waals surface area (Å²) in [6.45, 7) is 3.93. The molecule has 78 valence electrons. The summed E-state index contributed by atoms with van der Waals surface area (Å²) in [6, 6.07) is 0. The Labute approximate surface area is 87.7 Å². The second-order valence-corrected chi connectivity index (χ2v) is 3.89. The Kier molecular flexibility index (Phi) is 5.17. The van der Waals surface area contributed by atoms with Gasteiger partial charge in [-0.05, 0) is 13.0 Å². The lowest BCUT2D eigenvalue weighted by Gasteiger charge is -2.03. The van der Waals surface area contributed by atoms with E-state index in [0.29, 0.717) is 13.1 Å². The zero-order chi connectivity index (χ0) is 10.2. The summed E-state index contributed by atoms with van der Waals surface area (Å²) in [5, 5.41) is 5.85. The zero-order valence-corrected chi connectivity index (χ0v) is 9.06. The molecule has 1 rings (SSSR count). The highest BCUT2D eigenvalue weighted by Gasteiger charge is 2.00. The Hall–Kier alpha value is -0.940. The first kappa shape index (κ1) is 11.1. The van der Waals surface area contributed by atoms with E-state index in [-0.39, 0.29) is 5.91 Å². The molecular formula is C9H15N3OS. The van der Waals surface area contributed by atoms with Crippen LogP contribution in [0.2, 0.25) is 0 Å². The van der Waals surface area contributed by atoms with Gasteiger partial charge >= 0.3 is 0 Å². The first-order valence-electron chi connectivity index (χ1n) is 4.67. The summed E-state index contributed by atoms with van der Waals surface area (Å²) >= 11 is 1.55. The molecule has 1 amide bonds. The number of nitrogens with one attached hydrogen (secondary N) is 2. The van der Waals surface area contributed by atoms with Crippen LogP contribution in [-0.2, 0) is 11.3 Å². The number of carbonyl (C=O) groups excluding carboxylic acids is 1. The molecule has 0 aliphatic heterocycles. The second-order valence-electron chi connectivity index (χ2n) is 2.92. The highest BCUT2D eigenvalue weighted by molar-refractivity contribution is 7.09. The van der Waals surface area contributed by atoms with Crippen molar-refractivity contribution in [3.8, 4) is 0 Å². The number of aromatic nitrogens is 1. The van der Waals surface area contributed by atoms with Gasteiger partial charge in [-0.15, -0.1) is 11.3 Å². The molecule has 0 aliphatic carbocycles. The molecule has 14 heavy (non-hydrogen) atoms. The quantitative estimate of drug-likeness (QED) is 0.686. The number of amides is 1. The lowest BCUT2D eigenvalue weighted by molar-refractivity contribution is -0.120. The van der Waals surface area contributed by atoms with Crippen molar-refractivity contribution in [3.05, 3.63) is 16.6 Å². The van der Waals surface area contributed by atoms with Crippen molar-refractivity contribution in [2.45, 2.75) is 19.9 Å². The van der Waals surface area contributed by atoms with Gasteiger partial charge in [0.1, 0.15) is 0 Å². The largest absolute Gasteiger partial charge is 0.350 e. The van der Waals surface area contributed by atoms with Gasteiger partial charge in [-0.3, -0.25) is 9.78 Å². The predicted octanol–water partition coefficient (Wildman–Crippen LogP) is 0.759. The van der Waals surface area contributed by atoms with Gasteiger partial charge < -0.3 is 10.6 Å². The van der Waals surface area contributed by atoms with Crippen molar-refractivity contribution in [3.63, 3.8) is 0 Å². The lowest BCUT2D eigenvalue weighted by atomic mass is 10.4. The maximum absolute atomic E-state index is 11.2. The van der Waals surface area contributed by atoms with Gasteiger partial charge in [0.25, 0.3) is 0 Å². The highest BCUT2D eigenvalue weighted by atomic mass is 32.1. The van der Waals surface area contributed by atoms with E-state index in [1.807, 2.05) is 0 Å². The Morgan fingerprint density at radius 1 is 1.64 bits per heavy atom. The molecule has 0 aromatic carbocycles. The van der Waals surface area contributed by atoms with Gasteiger partial charge in [0.2, 0.25) is 5.91 Å². The van der Waals surface area contributed by atoms with Crippen molar-refractivity contribution < 1.29 is 4.79 Å². The van der Waals surface area contributed by atoms with Crippen molar-refractivity contribution in [1.82, 2.24) is 15.6 Å². The number of nitrogens with zero attached hydrogens (tertiary/aromatic N) is 1. The van der Waals surface area contributed by atoms with E-state index in [1.54, 1.807) is 23.0 Å². The average Bonchev–Trinajstić information content (AvgIpc) is 2.68. The van der Waals surface area contributed by atoms with E-state index in [4.69, 9.17) is 0 Å². The average molecular weight is 213 g/mol. The third-order valence-corrected chi connectivity index (χ3v) is 2.44. The van der Waals surface area contributed by atoms with E-state index in [9.17, 15) is 4.79 Å². The summed E-state index contributed by atoms with van der Waals surface area (Å²) in [5.74, 6) is 0.0341. The fraction of sp³-hybridized carbons (Fsp3) is 0.556. The molecule has 5 heteroatoms. The van der Waals surface area contributed by atoms with Crippen LogP contribution in [0.25, 0.3) is 0 Å². The number of rotatable bonds is 6. The zero-order valence-electron chi connectivity index (χ0n) is 8.25. The van der Waals surface area contributed by atoms with Crippen molar-refractivity contribution in [2.75, 3.05) is 13.1 Å². The van der Waals surface area contributed by atoms with Crippen LogP contribution in [0.4, 0.5) is 0 Å². The lowest BCUT2D eigenvalue weighted by Crippen LogP contribution is -2.33. The van der Waals surface area contributed by atoms with Crippen LogP contribution in [0.15, 0.2) is 11.7 Å². The molecule has 0 spiro atoms. The normalized spacial score (nSPS) is 10.1. The van der Waals surface area contributed by atoms with Crippen LogP contribution < -0.4 is 10.6 Å². The maximum atomic E-state index is 11.2. The van der Waals surface area contributed by atoms with Crippen molar-refractivity contribution >= 4 is 17.2 Å². The minimum atomic E-state index is 0.0341. The van der Waals surface area contributed by atoms with Gasteiger partial charge in [-0.1, -0.05) is 6.92 Å². The molecule has 0 unspecified atom stereocenters. The van der Waals surface area contributed by atoms with Crippen LogP contribution >= 0.6 is 11.3 Å². The third kappa shape index (κ3) is 4.34. The minimum absolute atomic E-state index is 0.0341. The number of hydrogen-bond donors (Lipinski definition) is 2. The fourth-order valence-electron chi connectivity index (χ4n) is 0.956. The van der Waals surface area contributed by atoms with Gasteiger partial charge in [0, 0.05) is 11.1 Å². The van der Waals surface area contributed by atoms with Gasteiger partial charge in [0.05, 0.1) is 18.6 Å². The van der Waals surface area contributed by atoms with E-state index >= 15 is 0 Å². The minimum Gasteiger partial charge on any atom is -0.350 e. The predicted molar refractivity (Wildman–Crippen MR) is 57.1 cm³/mol.